The van der Waals surface area contributed by atoms with E-state index in [1.54, 1.807) is 23.1 Å². The number of carbonyl (C=O) groups is 1. The largest absolute Gasteiger partial charge is 0.312 e. The van der Waals surface area contributed by atoms with E-state index >= 15 is 0 Å². The molecule has 1 saturated heterocycles. The molecule has 1 amide bonds. The molecular weight excluding hydrogens is 193 g/mol. The number of hydrogen-bond donors (Lipinski definition) is 0. The first kappa shape index (κ1) is 9.90. The van der Waals surface area contributed by atoms with Crippen LogP contribution in [0.5, 0.6) is 0 Å². The average molecular weight is 205 g/mol. The molecule has 1 aliphatic rings. The highest BCUT2D eigenvalue weighted by Gasteiger charge is 2.28. The Balaban J connectivity index is 2.25. The number of amides is 1. The second-order valence-corrected chi connectivity index (χ2v) is 3.68. The maximum Gasteiger partial charge on any atom is 0.227 e. The summed E-state index contributed by atoms with van der Waals surface area (Å²) in [4.78, 5) is 13.2. The van der Waals surface area contributed by atoms with Gasteiger partial charge >= 0.3 is 0 Å². The Morgan fingerprint density at radius 2 is 2.33 bits per heavy atom. The zero-order valence-electron chi connectivity index (χ0n) is 8.32. The third kappa shape index (κ3) is 1.91. The monoisotopic (exact) mass is 205 g/mol. The third-order valence-corrected chi connectivity index (χ3v) is 2.61. The highest BCUT2D eigenvalue weighted by molar-refractivity contribution is 5.95. The van der Waals surface area contributed by atoms with Gasteiger partial charge in [0.1, 0.15) is 5.82 Å². The van der Waals surface area contributed by atoms with Gasteiger partial charge in [0.25, 0.3) is 0 Å². The zero-order chi connectivity index (χ0) is 10.8. The van der Waals surface area contributed by atoms with Crippen molar-refractivity contribution in [3.05, 3.63) is 42.7 Å². The normalized spacial score (nSPS) is 20.7. The molecule has 0 aliphatic carbocycles. The van der Waals surface area contributed by atoms with Crippen LogP contribution < -0.4 is 4.90 Å². The topological polar surface area (TPSA) is 20.3 Å². The molecule has 15 heavy (non-hydrogen) atoms. The molecule has 1 aromatic rings. The number of rotatable bonds is 2. The maximum atomic E-state index is 13.0. The fourth-order valence-corrected chi connectivity index (χ4v) is 1.79. The molecule has 3 heteroatoms. The van der Waals surface area contributed by atoms with Gasteiger partial charge in [-0.3, -0.25) is 4.79 Å². The number of hydrogen-bond acceptors (Lipinski definition) is 1. The van der Waals surface area contributed by atoms with Gasteiger partial charge in [-0.25, -0.2) is 4.39 Å². The van der Waals surface area contributed by atoms with Crippen molar-refractivity contribution < 1.29 is 9.18 Å². The summed E-state index contributed by atoms with van der Waals surface area (Å²) in [5, 5.41) is 0. The first-order valence-electron chi connectivity index (χ1n) is 4.89. The molecule has 1 unspecified atom stereocenters. The molecule has 0 saturated carbocycles. The minimum absolute atomic E-state index is 0.0329. The Morgan fingerprint density at radius 1 is 1.53 bits per heavy atom. The molecule has 2 rings (SSSR count). The predicted molar refractivity (Wildman–Crippen MR) is 57.1 cm³/mol. The van der Waals surface area contributed by atoms with E-state index in [0.29, 0.717) is 18.7 Å². The number of benzene rings is 1. The summed E-state index contributed by atoms with van der Waals surface area (Å²) in [5.41, 5.74) is 0.629. The standard InChI is InChI=1S/C12H12FNO/c1-2-9-6-12(15)14(8-9)11-5-3-4-10(13)7-11/h2-5,7,9H,1,6,8H2. The van der Waals surface area contributed by atoms with E-state index in [0.717, 1.165) is 0 Å². The van der Waals surface area contributed by atoms with Gasteiger partial charge in [0.05, 0.1) is 0 Å². The van der Waals surface area contributed by atoms with Crippen molar-refractivity contribution in [2.75, 3.05) is 11.4 Å². The second-order valence-electron chi connectivity index (χ2n) is 3.68. The first-order valence-corrected chi connectivity index (χ1v) is 4.89. The number of carbonyl (C=O) groups excluding carboxylic acids is 1. The van der Waals surface area contributed by atoms with Crippen LogP contribution in [0.3, 0.4) is 0 Å². The van der Waals surface area contributed by atoms with Crippen LogP contribution >= 0.6 is 0 Å². The highest BCUT2D eigenvalue weighted by atomic mass is 19.1. The second kappa shape index (κ2) is 3.85. The van der Waals surface area contributed by atoms with Crippen LogP contribution in [0.25, 0.3) is 0 Å². The predicted octanol–water partition coefficient (Wildman–Crippen LogP) is 2.36. The van der Waals surface area contributed by atoms with Crippen LogP contribution in [0.1, 0.15) is 6.42 Å². The SMILES string of the molecule is C=CC1CC(=O)N(c2cccc(F)c2)C1. The molecule has 2 nitrogen and oxygen atoms in total. The molecule has 0 spiro atoms. The Bertz CT molecular complexity index is 402. The van der Waals surface area contributed by atoms with Gasteiger partial charge in [-0.05, 0) is 18.2 Å². The maximum absolute atomic E-state index is 13.0. The van der Waals surface area contributed by atoms with Gasteiger partial charge in [0, 0.05) is 24.6 Å². The van der Waals surface area contributed by atoms with Crippen LogP contribution in [0, 0.1) is 11.7 Å². The van der Waals surface area contributed by atoms with Crippen LogP contribution in [-0.4, -0.2) is 12.5 Å². The lowest BCUT2D eigenvalue weighted by atomic mass is 10.1. The minimum atomic E-state index is -0.317. The highest BCUT2D eigenvalue weighted by Crippen LogP contribution is 2.25. The lowest BCUT2D eigenvalue weighted by Crippen LogP contribution is -2.24. The summed E-state index contributed by atoms with van der Waals surface area (Å²) in [5.74, 6) is -0.103. The van der Waals surface area contributed by atoms with Crippen molar-refractivity contribution in [3.63, 3.8) is 0 Å². The van der Waals surface area contributed by atoms with E-state index in [2.05, 4.69) is 6.58 Å². The summed E-state index contributed by atoms with van der Waals surface area (Å²) < 4.78 is 13.0. The lowest BCUT2D eigenvalue weighted by molar-refractivity contribution is -0.117. The molecule has 0 aromatic heterocycles. The van der Waals surface area contributed by atoms with Gasteiger partial charge in [-0.15, -0.1) is 6.58 Å². The molecule has 1 aliphatic heterocycles. The molecule has 0 radical (unpaired) electrons. The quantitative estimate of drug-likeness (QED) is 0.679. The molecule has 1 aromatic carbocycles. The number of halogens is 1. The van der Waals surface area contributed by atoms with Gasteiger partial charge in [-0.2, -0.15) is 0 Å². The van der Waals surface area contributed by atoms with Crippen molar-refractivity contribution in [2.24, 2.45) is 5.92 Å². The minimum Gasteiger partial charge on any atom is -0.312 e. The van der Waals surface area contributed by atoms with E-state index in [1.165, 1.54) is 12.1 Å². The fourth-order valence-electron chi connectivity index (χ4n) is 1.79. The van der Waals surface area contributed by atoms with Gasteiger partial charge < -0.3 is 4.90 Å². The Hall–Kier alpha value is -1.64. The smallest absolute Gasteiger partial charge is 0.227 e. The summed E-state index contributed by atoms with van der Waals surface area (Å²) in [6.45, 7) is 4.27. The van der Waals surface area contributed by atoms with E-state index in [4.69, 9.17) is 0 Å². The van der Waals surface area contributed by atoms with Crippen LogP contribution in [0.4, 0.5) is 10.1 Å². The molecule has 1 heterocycles. The molecule has 0 N–H and O–H groups in total. The zero-order valence-corrected chi connectivity index (χ0v) is 8.32. The molecule has 78 valence electrons. The molecule has 1 atom stereocenters. The van der Waals surface area contributed by atoms with Crippen molar-refractivity contribution in [3.8, 4) is 0 Å². The molecule has 0 bridgehead atoms. The van der Waals surface area contributed by atoms with Crippen molar-refractivity contribution in [2.45, 2.75) is 6.42 Å². The van der Waals surface area contributed by atoms with Crippen molar-refractivity contribution in [1.82, 2.24) is 0 Å². The van der Waals surface area contributed by atoms with E-state index in [1.807, 2.05) is 0 Å². The van der Waals surface area contributed by atoms with Crippen LogP contribution in [-0.2, 0) is 4.79 Å². The van der Waals surface area contributed by atoms with Gasteiger partial charge in [-0.1, -0.05) is 12.1 Å². The van der Waals surface area contributed by atoms with Crippen molar-refractivity contribution in [1.29, 1.82) is 0 Å². The first-order chi connectivity index (χ1) is 7.20. The Labute approximate surface area is 88.0 Å². The van der Waals surface area contributed by atoms with E-state index < -0.39 is 0 Å². The third-order valence-electron chi connectivity index (χ3n) is 2.61. The molecule has 1 fully saturated rings. The van der Waals surface area contributed by atoms with Gasteiger partial charge in [0.2, 0.25) is 5.91 Å². The van der Waals surface area contributed by atoms with Gasteiger partial charge in [0.15, 0.2) is 0 Å². The number of anilines is 1. The van der Waals surface area contributed by atoms with Crippen LogP contribution in [0.2, 0.25) is 0 Å². The summed E-state index contributed by atoms with van der Waals surface area (Å²) >= 11 is 0. The number of nitrogens with zero attached hydrogens (tertiary/aromatic N) is 1. The van der Waals surface area contributed by atoms with Crippen LogP contribution in [0.15, 0.2) is 36.9 Å². The summed E-state index contributed by atoms with van der Waals surface area (Å²) in [7, 11) is 0. The Morgan fingerprint density at radius 3 is 2.93 bits per heavy atom. The average Bonchev–Trinajstić information content (AvgIpc) is 2.60. The summed E-state index contributed by atoms with van der Waals surface area (Å²) in [6, 6.07) is 6.10. The van der Waals surface area contributed by atoms with Crippen molar-refractivity contribution >= 4 is 11.6 Å². The van der Waals surface area contributed by atoms with E-state index in [-0.39, 0.29) is 17.6 Å². The fraction of sp³-hybridized carbons (Fsp3) is 0.250. The lowest BCUT2D eigenvalue weighted by Gasteiger charge is -2.15. The Kier molecular flexibility index (Phi) is 2.54. The molecular formula is C12H12FNO. The van der Waals surface area contributed by atoms with E-state index in [9.17, 15) is 9.18 Å². The summed E-state index contributed by atoms with van der Waals surface area (Å²) in [6.07, 6.45) is 2.25.